The lowest BCUT2D eigenvalue weighted by molar-refractivity contribution is 0.197. The van der Waals surface area contributed by atoms with Crippen molar-refractivity contribution in [1.29, 1.82) is 0 Å². The van der Waals surface area contributed by atoms with E-state index in [1.54, 1.807) is 26.4 Å². The Balaban J connectivity index is 2.96. The van der Waals surface area contributed by atoms with Crippen LogP contribution in [0.2, 0.25) is 0 Å². The monoisotopic (exact) mass is 365 g/mol. The zero-order valence-electron chi connectivity index (χ0n) is 10.7. The maximum Gasteiger partial charge on any atom is 0.412 e. The van der Waals surface area contributed by atoms with Crippen molar-refractivity contribution in [3.63, 3.8) is 0 Å². The van der Waals surface area contributed by atoms with Crippen LogP contribution in [-0.4, -0.2) is 26.4 Å². The van der Waals surface area contributed by atoms with Crippen molar-refractivity contribution in [3.05, 3.63) is 15.7 Å². The molecule has 0 atom stereocenters. The highest BCUT2D eigenvalue weighted by molar-refractivity contribution is 14.1. The molecule has 100 valence electrons. The van der Waals surface area contributed by atoms with E-state index in [0.29, 0.717) is 17.2 Å². The summed E-state index contributed by atoms with van der Waals surface area (Å²) >= 11 is 2.06. The molecule has 18 heavy (non-hydrogen) atoms. The van der Waals surface area contributed by atoms with Crippen LogP contribution >= 0.6 is 22.6 Å². The Morgan fingerprint density at radius 3 is 2.33 bits per heavy atom. The fourth-order valence-corrected chi connectivity index (χ4v) is 1.90. The first-order valence-electron chi connectivity index (χ1n) is 5.37. The average molecular weight is 365 g/mol. The van der Waals surface area contributed by atoms with E-state index in [1.807, 2.05) is 13.8 Å². The molecule has 1 aromatic rings. The maximum atomic E-state index is 11.6. The van der Waals surface area contributed by atoms with Gasteiger partial charge in [0.05, 0.1) is 17.8 Å². The predicted molar refractivity (Wildman–Crippen MR) is 76.6 cm³/mol. The van der Waals surface area contributed by atoms with Crippen molar-refractivity contribution in [2.45, 2.75) is 19.9 Å². The molecule has 0 radical (unpaired) electrons. The summed E-state index contributed by atoms with van der Waals surface area (Å²) in [5.41, 5.74) is 0. The first-order chi connectivity index (χ1) is 8.47. The second kappa shape index (κ2) is 6.67. The molecule has 0 bridgehead atoms. The number of amides is 1. The van der Waals surface area contributed by atoms with Crippen LogP contribution in [0.25, 0.3) is 0 Å². The van der Waals surface area contributed by atoms with Crippen molar-refractivity contribution >= 4 is 28.7 Å². The number of methoxy groups -OCH3 is 2. The van der Waals surface area contributed by atoms with Crippen molar-refractivity contribution in [1.82, 2.24) is 5.32 Å². The van der Waals surface area contributed by atoms with E-state index in [0.717, 1.165) is 3.57 Å². The Bertz CT molecular complexity index is 434. The quantitative estimate of drug-likeness (QED) is 0.834. The molecule has 0 spiro atoms. The molecule has 0 aliphatic carbocycles. The van der Waals surface area contributed by atoms with Crippen LogP contribution in [0.4, 0.5) is 4.79 Å². The van der Waals surface area contributed by atoms with Gasteiger partial charge in [-0.25, -0.2) is 4.79 Å². The Morgan fingerprint density at radius 2 is 1.83 bits per heavy atom. The molecule has 5 nitrogen and oxygen atoms in total. The fraction of sp³-hybridized carbons (Fsp3) is 0.417. The van der Waals surface area contributed by atoms with Crippen molar-refractivity contribution in [2.75, 3.05) is 14.2 Å². The van der Waals surface area contributed by atoms with Gasteiger partial charge in [0, 0.05) is 18.2 Å². The highest BCUT2D eigenvalue weighted by Crippen LogP contribution is 2.35. The van der Waals surface area contributed by atoms with E-state index in [1.165, 1.54) is 0 Å². The van der Waals surface area contributed by atoms with Gasteiger partial charge in [0.1, 0.15) is 11.5 Å². The largest absolute Gasteiger partial charge is 0.496 e. The van der Waals surface area contributed by atoms with E-state index in [4.69, 9.17) is 14.2 Å². The Hall–Kier alpha value is -1.18. The minimum absolute atomic E-state index is 0.0164. The zero-order valence-corrected chi connectivity index (χ0v) is 12.9. The van der Waals surface area contributed by atoms with Gasteiger partial charge >= 0.3 is 6.09 Å². The molecule has 1 aromatic carbocycles. The van der Waals surface area contributed by atoms with Crippen LogP contribution in [0.3, 0.4) is 0 Å². The molecular formula is C12H16INO4. The standard InChI is InChI=1S/C12H16INO4/c1-7(2)14-12(15)18-10-6-8(16-3)5-9(17-4)11(10)13/h5-7H,1-4H3,(H,14,15). The van der Waals surface area contributed by atoms with Crippen LogP contribution in [0.1, 0.15) is 13.8 Å². The molecule has 0 unspecified atom stereocenters. The first kappa shape index (κ1) is 14.9. The summed E-state index contributed by atoms with van der Waals surface area (Å²) < 4.78 is 16.3. The molecule has 0 aliphatic rings. The lowest BCUT2D eigenvalue weighted by atomic mass is 10.3. The van der Waals surface area contributed by atoms with E-state index in [-0.39, 0.29) is 6.04 Å². The molecular weight excluding hydrogens is 349 g/mol. The van der Waals surface area contributed by atoms with Gasteiger partial charge in [-0.15, -0.1) is 0 Å². The van der Waals surface area contributed by atoms with Gasteiger partial charge in [-0.2, -0.15) is 0 Å². The fourth-order valence-electron chi connectivity index (χ4n) is 1.25. The first-order valence-corrected chi connectivity index (χ1v) is 6.45. The zero-order chi connectivity index (χ0) is 13.7. The number of rotatable bonds is 4. The van der Waals surface area contributed by atoms with Crippen molar-refractivity contribution < 1.29 is 19.0 Å². The van der Waals surface area contributed by atoms with Crippen LogP contribution in [0.15, 0.2) is 12.1 Å². The molecule has 1 rings (SSSR count). The summed E-state index contributed by atoms with van der Waals surface area (Å²) in [4.78, 5) is 11.6. The SMILES string of the molecule is COc1cc(OC)c(I)c(OC(=O)NC(C)C)c1. The van der Waals surface area contributed by atoms with Gasteiger partial charge < -0.3 is 19.5 Å². The lowest BCUT2D eigenvalue weighted by Crippen LogP contribution is -2.32. The summed E-state index contributed by atoms with van der Waals surface area (Å²) in [6, 6.07) is 3.39. The smallest absolute Gasteiger partial charge is 0.412 e. The van der Waals surface area contributed by atoms with Crippen molar-refractivity contribution in [3.8, 4) is 17.2 Å². The third kappa shape index (κ3) is 3.94. The molecule has 0 aliphatic heterocycles. The number of ether oxygens (including phenoxy) is 3. The number of halogens is 1. The van der Waals surface area contributed by atoms with E-state index in [9.17, 15) is 4.79 Å². The van der Waals surface area contributed by atoms with Crippen LogP contribution < -0.4 is 19.5 Å². The summed E-state index contributed by atoms with van der Waals surface area (Å²) in [5, 5.41) is 2.65. The third-order valence-corrected chi connectivity index (χ3v) is 3.11. The number of hydrogen-bond acceptors (Lipinski definition) is 4. The van der Waals surface area contributed by atoms with Gasteiger partial charge in [0.25, 0.3) is 0 Å². The summed E-state index contributed by atoms with van der Waals surface area (Å²) in [7, 11) is 3.09. The molecule has 0 saturated heterocycles. The number of carbonyl (C=O) groups excluding carboxylic acids is 1. The summed E-state index contributed by atoms with van der Waals surface area (Å²) in [6.07, 6.45) is -0.502. The maximum absolute atomic E-state index is 11.6. The summed E-state index contributed by atoms with van der Waals surface area (Å²) in [6.45, 7) is 3.72. The second-order valence-corrected chi connectivity index (χ2v) is 4.91. The highest BCUT2D eigenvalue weighted by Gasteiger charge is 2.14. The van der Waals surface area contributed by atoms with Gasteiger partial charge in [-0.05, 0) is 36.4 Å². The van der Waals surface area contributed by atoms with E-state index in [2.05, 4.69) is 27.9 Å². The molecule has 0 heterocycles. The summed E-state index contributed by atoms with van der Waals surface area (Å²) in [5.74, 6) is 1.58. The second-order valence-electron chi connectivity index (χ2n) is 3.83. The molecule has 6 heteroatoms. The molecule has 0 fully saturated rings. The van der Waals surface area contributed by atoms with Crippen LogP contribution in [-0.2, 0) is 0 Å². The number of benzene rings is 1. The number of nitrogens with one attached hydrogen (secondary N) is 1. The van der Waals surface area contributed by atoms with Gasteiger partial charge in [-0.1, -0.05) is 0 Å². The minimum atomic E-state index is -0.502. The van der Waals surface area contributed by atoms with Crippen molar-refractivity contribution in [2.24, 2.45) is 0 Å². The van der Waals surface area contributed by atoms with Gasteiger partial charge in [0.2, 0.25) is 0 Å². The Labute approximate surface area is 120 Å². The normalized spacial score (nSPS) is 10.1. The number of carbonyl (C=O) groups is 1. The van der Waals surface area contributed by atoms with Crippen LogP contribution in [0.5, 0.6) is 17.2 Å². The van der Waals surface area contributed by atoms with E-state index >= 15 is 0 Å². The van der Waals surface area contributed by atoms with E-state index < -0.39 is 6.09 Å². The van der Waals surface area contributed by atoms with Gasteiger partial charge in [-0.3, -0.25) is 0 Å². The predicted octanol–water partition coefficient (Wildman–Crippen LogP) is 2.81. The number of hydrogen-bond donors (Lipinski definition) is 1. The van der Waals surface area contributed by atoms with Crippen LogP contribution in [0, 0.1) is 3.57 Å². The average Bonchev–Trinajstić information content (AvgIpc) is 2.30. The molecule has 1 N–H and O–H groups in total. The third-order valence-electron chi connectivity index (χ3n) is 2.04. The molecule has 1 amide bonds. The minimum Gasteiger partial charge on any atom is -0.496 e. The topological polar surface area (TPSA) is 56.8 Å². The highest BCUT2D eigenvalue weighted by atomic mass is 127. The Morgan fingerprint density at radius 1 is 1.22 bits per heavy atom. The molecule has 0 saturated carbocycles. The molecule has 0 aromatic heterocycles. The lowest BCUT2D eigenvalue weighted by Gasteiger charge is -2.13. The van der Waals surface area contributed by atoms with Gasteiger partial charge in [0.15, 0.2) is 5.75 Å². The Kier molecular flexibility index (Phi) is 5.52.